The van der Waals surface area contributed by atoms with Crippen LogP contribution in [-0.2, 0) is 9.84 Å². The van der Waals surface area contributed by atoms with Crippen LogP contribution >= 0.6 is 23.2 Å². The van der Waals surface area contributed by atoms with Crippen molar-refractivity contribution in [3.63, 3.8) is 0 Å². The van der Waals surface area contributed by atoms with Crippen LogP contribution in [0.1, 0.15) is 16.9 Å². The summed E-state index contributed by atoms with van der Waals surface area (Å²) in [6.45, 7) is 0. The summed E-state index contributed by atoms with van der Waals surface area (Å²) in [6, 6.07) is 1.39. The van der Waals surface area contributed by atoms with Crippen molar-refractivity contribution in [3.05, 3.63) is 28.0 Å². The summed E-state index contributed by atoms with van der Waals surface area (Å²) in [6.07, 6.45) is 2.23. The van der Waals surface area contributed by atoms with Gasteiger partial charge in [-0.1, -0.05) is 23.2 Å². The molecule has 1 rings (SSSR count). The van der Waals surface area contributed by atoms with E-state index in [1.54, 1.807) is 0 Å². The summed E-state index contributed by atoms with van der Waals surface area (Å²) >= 11 is 11.4. The van der Waals surface area contributed by atoms with E-state index in [9.17, 15) is 13.2 Å². The number of carbonyl (C=O) groups is 1. The maximum absolute atomic E-state index is 11.6. The van der Waals surface area contributed by atoms with Crippen LogP contribution in [0, 0.1) is 0 Å². The number of carbonyl (C=O) groups excluding carboxylic acids is 1. The van der Waals surface area contributed by atoms with Gasteiger partial charge in [0.1, 0.15) is 15.5 Å². The van der Waals surface area contributed by atoms with Gasteiger partial charge >= 0.3 is 0 Å². The maximum atomic E-state index is 11.6. The third-order valence-corrected chi connectivity index (χ3v) is 3.21. The van der Waals surface area contributed by atoms with Crippen molar-refractivity contribution in [1.29, 1.82) is 0 Å². The molecule has 0 aromatic carbocycles. The second-order valence-electron chi connectivity index (χ2n) is 3.29. The van der Waals surface area contributed by atoms with E-state index < -0.39 is 15.6 Å². The van der Waals surface area contributed by atoms with Crippen LogP contribution < -0.4 is 0 Å². The van der Waals surface area contributed by atoms with E-state index in [-0.39, 0.29) is 22.9 Å². The molecule has 0 aliphatic heterocycles. The van der Waals surface area contributed by atoms with E-state index in [0.717, 1.165) is 6.26 Å². The number of pyridine rings is 1. The molecule has 7 heteroatoms. The molecule has 0 amide bonds. The normalized spacial score (nSPS) is 11.4. The molecule has 4 nitrogen and oxygen atoms in total. The molecular weight excluding hydrogens is 273 g/mol. The van der Waals surface area contributed by atoms with E-state index in [4.69, 9.17) is 23.2 Å². The first kappa shape index (κ1) is 13.4. The first-order valence-electron chi connectivity index (χ1n) is 4.31. The highest BCUT2D eigenvalue weighted by Gasteiger charge is 2.14. The molecule has 0 radical (unpaired) electrons. The Kier molecular flexibility index (Phi) is 4.29. The minimum Gasteiger partial charge on any atom is -0.292 e. The summed E-state index contributed by atoms with van der Waals surface area (Å²) in [5.74, 6) is -0.626. The van der Waals surface area contributed by atoms with Crippen molar-refractivity contribution in [2.75, 3.05) is 12.0 Å². The van der Waals surface area contributed by atoms with Crippen LogP contribution in [-0.4, -0.2) is 31.2 Å². The number of nitrogens with zero attached hydrogens (tertiary/aromatic N) is 1. The van der Waals surface area contributed by atoms with Crippen LogP contribution in [0.2, 0.25) is 10.0 Å². The molecule has 0 aliphatic rings. The Balaban J connectivity index is 2.82. The summed E-state index contributed by atoms with van der Waals surface area (Å²) in [5, 5.41) is 0.454. The van der Waals surface area contributed by atoms with E-state index >= 15 is 0 Å². The van der Waals surface area contributed by atoms with Crippen molar-refractivity contribution in [2.45, 2.75) is 6.42 Å². The van der Waals surface area contributed by atoms with E-state index in [1.807, 2.05) is 0 Å². The zero-order valence-electron chi connectivity index (χ0n) is 8.41. The van der Waals surface area contributed by atoms with Gasteiger partial charge in [-0.05, 0) is 6.07 Å². The fraction of sp³-hybridized carbons (Fsp3) is 0.333. The number of Topliss-reactive ketones (excluding diaryl/α,β-unsaturated/α-hetero) is 1. The van der Waals surface area contributed by atoms with Crippen molar-refractivity contribution < 1.29 is 13.2 Å². The minimum atomic E-state index is -3.17. The molecule has 0 N–H and O–H groups in total. The molecule has 0 spiro atoms. The van der Waals surface area contributed by atoms with Gasteiger partial charge in [0.25, 0.3) is 0 Å². The standard InChI is InChI=1S/C9H9Cl2NO3S/c1-16(14,15)3-2-8(13)9-7(11)4-6(10)5-12-9/h4-5H,2-3H2,1H3. The fourth-order valence-electron chi connectivity index (χ4n) is 1.02. The monoisotopic (exact) mass is 281 g/mol. The summed E-state index contributed by atoms with van der Waals surface area (Å²) in [4.78, 5) is 15.3. The van der Waals surface area contributed by atoms with Crippen molar-refractivity contribution >= 4 is 38.8 Å². The predicted octanol–water partition coefficient (Wildman–Crippen LogP) is 2.01. The van der Waals surface area contributed by atoms with E-state index in [2.05, 4.69) is 4.98 Å². The summed E-state index contributed by atoms with van der Waals surface area (Å²) < 4.78 is 21.8. The molecule has 0 unspecified atom stereocenters. The Bertz CT molecular complexity index is 513. The highest BCUT2D eigenvalue weighted by atomic mass is 35.5. The number of sulfone groups is 1. The average molecular weight is 282 g/mol. The second kappa shape index (κ2) is 5.12. The summed E-state index contributed by atoms with van der Waals surface area (Å²) in [5.41, 5.74) is 0.0507. The van der Waals surface area contributed by atoms with E-state index in [0.29, 0.717) is 5.02 Å². The van der Waals surface area contributed by atoms with Crippen molar-refractivity contribution in [3.8, 4) is 0 Å². The largest absolute Gasteiger partial charge is 0.292 e. The van der Waals surface area contributed by atoms with Crippen molar-refractivity contribution in [1.82, 2.24) is 4.98 Å². The highest BCUT2D eigenvalue weighted by Crippen LogP contribution is 2.19. The first-order valence-corrected chi connectivity index (χ1v) is 7.13. The molecule has 0 saturated heterocycles. The first-order chi connectivity index (χ1) is 7.29. The van der Waals surface area contributed by atoms with Gasteiger partial charge < -0.3 is 0 Å². The Morgan fingerprint density at radius 2 is 2.06 bits per heavy atom. The molecule has 1 aromatic heterocycles. The lowest BCUT2D eigenvalue weighted by Gasteiger charge is -2.02. The zero-order valence-corrected chi connectivity index (χ0v) is 10.7. The Morgan fingerprint density at radius 1 is 1.44 bits per heavy atom. The quantitative estimate of drug-likeness (QED) is 0.792. The molecule has 0 saturated carbocycles. The Hall–Kier alpha value is -0.650. The van der Waals surface area contributed by atoms with Gasteiger partial charge in [-0.2, -0.15) is 0 Å². The smallest absolute Gasteiger partial charge is 0.183 e. The number of aromatic nitrogens is 1. The van der Waals surface area contributed by atoms with Crippen LogP contribution in [0.5, 0.6) is 0 Å². The lowest BCUT2D eigenvalue weighted by Crippen LogP contribution is -2.11. The Morgan fingerprint density at radius 3 is 2.56 bits per heavy atom. The third kappa shape index (κ3) is 4.08. The molecule has 16 heavy (non-hydrogen) atoms. The van der Waals surface area contributed by atoms with Crippen LogP contribution in [0.4, 0.5) is 0 Å². The van der Waals surface area contributed by atoms with Gasteiger partial charge in [-0.25, -0.2) is 8.42 Å². The highest BCUT2D eigenvalue weighted by molar-refractivity contribution is 7.90. The fourth-order valence-corrected chi connectivity index (χ4v) is 2.06. The van der Waals surface area contributed by atoms with E-state index in [1.165, 1.54) is 12.3 Å². The van der Waals surface area contributed by atoms with Gasteiger partial charge in [-0.15, -0.1) is 0 Å². The van der Waals surface area contributed by atoms with Gasteiger partial charge in [0.15, 0.2) is 5.78 Å². The molecule has 0 fully saturated rings. The van der Waals surface area contributed by atoms with Gasteiger partial charge in [-0.3, -0.25) is 9.78 Å². The summed E-state index contributed by atoms with van der Waals surface area (Å²) in [7, 11) is -3.17. The third-order valence-electron chi connectivity index (χ3n) is 1.77. The van der Waals surface area contributed by atoms with Crippen LogP contribution in [0.25, 0.3) is 0 Å². The van der Waals surface area contributed by atoms with Crippen molar-refractivity contribution in [2.24, 2.45) is 0 Å². The lowest BCUT2D eigenvalue weighted by atomic mass is 10.2. The average Bonchev–Trinajstić information content (AvgIpc) is 2.13. The molecule has 88 valence electrons. The minimum absolute atomic E-state index is 0.0507. The van der Waals surface area contributed by atoms with Gasteiger partial charge in [0.05, 0.1) is 15.8 Å². The number of rotatable bonds is 4. The van der Waals surface area contributed by atoms with Crippen LogP contribution in [0.15, 0.2) is 12.3 Å². The number of halogens is 2. The van der Waals surface area contributed by atoms with Gasteiger partial charge in [0.2, 0.25) is 0 Å². The lowest BCUT2D eigenvalue weighted by molar-refractivity contribution is 0.0984. The molecule has 1 heterocycles. The maximum Gasteiger partial charge on any atom is 0.183 e. The molecule has 1 aromatic rings. The number of hydrogen-bond acceptors (Lipinski definition) is 4. The van der Waals surface area contributed by atoms with Crippen LogP contribution in [0.3, 0.4) is 0 Å². The predicted molar refractivity (Wildman–Crippen MR) is 62.9 cm³/mol. The number of hydrogen-bond donors (Lipinski definition) is 0. The van der Waals surface area contributed by atoms with Gasteiger partial charge in [0, 0.05) is 18.9 Å². The molecule has 0 bridgehead atoms. The second-order valence-corrected chi connectivity index (χ2v) is 6.39. The number of ketones is 1. The molecular formula is C9H9Cl2NO3S. The Labute approximate surface area is 104 Å². The topological polar surface area (TPSA) is 64.1 Å². The molecule has 0 atom stereocenters. The molecule has 0 aliphatic carbocycles. The SMILES string of the molecule is CS(=O)(=O)CCC(=O)c1ncc(Cl)cc1Cl. The zero-order chi connectivity index (χ0) is 12.3.